The topological polar surface area (TPSA) is 75.6 Å². The molecule has 0 atom stereocenters. The molecule has 5 heteroatoms. The van der Waals surface area contributed by atoms with Crippen molar-refractivity contribution in [2.75, 3.05) is 0 Å². The highest BCUT2D eigenvalue weighted by Gasteiger charge is 1.99. The molecule has 0 aliphatic rings. The van der Waals surface area contributed by atoms with Gasteiger partial charge in [-0.2, -0.15) is 0 Å². The van der Waals surface area contributed by atoms with E-state index in [0.717, 1.165) is 17.8 Å². The highest BCUT2D eigenvalue weighted by atomic mass is 16.5. The molecule has 16 heavy (non-hydrogen) atoms. The molecule has 0 unspecified atom stereocenters. The zero-order valence-corrected chi connectivity index (χ0v) is 8.42. The van der Waals surface area contributed by atoms with E-state index in [2.05, 4.69) is 5.32 Å². The van der Waals surface area contributed by atoms with Crippen molar-refractivity contribution in [2.24, 2.45) is 0 Å². The lowest BCUT2D eigenvalue weighted by Crippen LogP contribution is -2.18. The van der Waals surface area contributed by atoms with Gasteiger partial charge in [0.15, 0.2) is 0 Å². The molecule has 0 aliphatic carbocycles. The van der Waals surface area contributed by atoms with E-state index in [4.69, 9.17) is 9.84 Å². The molecule has 0 saturated heterocycles. The molecule has 0 spiro atoms. The molecule has 0 heterocycles. The van der Waals surface area contributed by atoms with Gasteiger partial charge in [0.2, 0.25) is 0 Å². The molecule has 5 nitrogen and oxygen atoms in total. The average Bonchev–Trinajstić information content (AvgIpc) is 2.27. The van der Waals surface area contributed by atoms with Crippen molar-refractivity contribution in [3.05, 3.63) is 48.2 Å². The van der Waals surface area contributed by atoms with Gasteiger partial charge >= 0.3 is 12.1 Å². The van der Waals surface area contributed by atoms with Gasteiger partial charge in [-0.1, -0.05) is 30.3 Å². The van der Waals surface area contributed by atoms with Crippen LogP contribution in [0, 0.1) is 0 Å². The summed E-state index contributed by atoms with van der Waals surface area (Å²) < 4.78 is 4.82. The monoisotopic (exact) mass is 221 g/mol. The maximum Gasteiger partial charge on any atom is 0.411 e. The number of amides is 1. The summed E-state index contributed by atoms with van der Waals surface area (Å²) in [4.78, 5) is 21.1. The van der Waals surface area contributed by atoms with Crippen molar-refractivity contribution in [3.8, 4) is 0 Å². The van der Waals surface area contributed by atoms with E-state index < -0.39 is 12.1 Å². The van der Waals surface area contributed by atoms with Crippen molar-refractivity contribution >= 4 is 12.1 Å². The smallest absolute Gasteiger partial charge is 0.411 e. The minimum Gasteiger partial charge on any atom is -0.478 e. The Morgan fingerprint density at radius 3 is 2.62 bits per heavy atom. The Morgan fingerprint density at radius 2 is 2.00 bits per heavy atom. The SMILES string of the molecule is O=C(O)C=CNC(=O)OCc1ccccc1. The number of hydrogen-bond donors (Lipinski definition) is 2. The average molecular weight is 221 g/mol. The minimum atomic E-state index is -1.14. The Bertz CT molecular complexity index is 386. The van der Waals surface area contributed by atoms with E-state index in [1.807, 2.05) is 30.3 Å². The van der Waals surface area contributed by atoms with E-state index in [9.17, 15) is 9.59 Å². The number of aliphatic carboxylic acids is 1. The van der Waals surface area contributed by atoms with Crippen LogP contribution in [0.1, 0.15) is 5.56 Å². The molecule has 0 aliphatic heterocycles. The summed E-state index contributed by atoms with van der Waals surface area (Å²) in [7, 11) is 0. The summed E-state index contributed by atoms with van der Waals surface area (Å²) in [5.74, 6) is -1.14. The van der Waals surface area contributed by atoms with Gasteiger partial charge in [0.05, 0.1) is 0 Å². The molecule has 0 saturated carbocycles. The first-order valence-corrected chi connectivity index (χ1v) is 4.55. The van der Waals surface area contributed by atoms with E-state index in [0.29, 0.717) is 0 Å². The van der Waals surface area contributed by atoms with Gasteiger partial charge < -0.3 is 9.84 Å². The van der Waals surface area contributed by atoms with Crippen LogP contribution >= 0.6 is 0 Å². The van der Waals surface area contributed by atoms with Gasteiger partial charge in [0.1, 0.15) is 6.61 Å². The van der Waals surface area contributed by atoms with Gasteiger partial charge in [0.25, 0.3) is 0 Å². The number of carbonyl (C=O) groups is 2. The quantitative estimate of drug-likeness (QED) is 0.755. The van der Waals surface area contributed by atoms with Crippen LogP contribution in [0.2, 0.25) is 0 Å². The second-order valence-corrected chi connectivity index (χ2v) is 2.88. The van der Waals surface area contributed by atoms with E-state index in [1.54, 1.807) is 0 Å². The molecule has 1 rings (SSSR count). The summed E-state index contributed by atoms with van der Waals surface area (Å²) in [6.45, 7) is 0.146. The fraction of sp³-hybridized carbons (Fsp3) is 0.0909. The largest absolute Gasteiger partial charge is 0.478 e. The first-order valence-electron chi connectivity index (χ1n) is 4.55. The van der Waals surface area contributed by atoms with Crippen LogP contribution in [-0.2, 0) is 16.1 Å². The third-order valence-corrected chi connectivity index (χ3v) is 1.64. The molecular weight excluding hydrogens is 210 g/mol. The van der Waals surface area contributed by atoms with Crippen molar-refractivity contribution in [3.63, 3.8) is 0 Å². The zero-order valence-electron chi connectivity index (χ0n) is 8.42. The molecule has 0 fully saturated rings. The molecule has 1 amide bonds. The minimum absolute atomic E-state index is 0.146. The van der Waals surface area contributed by atoms with Crippen molar-refractivity contribution in [2.45, 2.75) is 6.61 Å². The zero-order chi connectivity index (χ0) is 11.8. The van der Waals surface area contributed by atoms with Crippen molar-refractivity contribution in [1.82, 2.24) is 5.32 Å². The van der Waals surface area contributed by atoms with E-state index in [-0.39, 0.29) is 6.61 Å². The maximum atomic E-state index is 11.0. The summed E-state index contributed by atoms with van der Waals surface area (Å²) in [5.41, 5.74) is 0.861. The molecule has 1 aromatic carbocycles. The second-order valence-electron chi connectivity index (χ2n) is 2.88. The first kappa shape index (κ1) is 11.8. The Labute approximate surface area is 92.3 Å². The van der Waals surface area contributed by atoms with Crippen LogP contribution in [0.4, 0.5) is 4.79 Å². The van der Waals surface area contributed by atoms with Crippen molar-refractivity contribution in [1.29, 1.82) is 0 Å². The Balaban J connectivity index is 2.28. The number of alkyl carbamates (subject to hydrolysis) is 1. The predicted octanol–water partition coefficient (Wildman–Crippen LogP) is 1.51. The summed E-state index contributed by atoms with van der Waals surface area (Å²) >= 11 is 0. The van der Waals surface area contributed by atoms with E-state index in [1.165, 1.54) is 0 Å². The Hall–Kier alpha value is -2.30. The van der Waals surface area contributed by atoms with Crippen LogP contribution < -0.4 is 5.32 Å². The molecule has 1 aromatic rings. The fourth-order valence-electron chi connectivity index (χ4n) is 0.946. The first-order chi connectivity index (χ1) is 7.68. The molecule has 2 N–H and O–H groups in total. The number of rotatable bonds is 4. The number of hydrogen-bond acceptors (Lipinski definition) is 3. The highest BCUT2D eigenvalue weighted by Crippen LogP contribution is 2.00. The van der Waals surface area contributed by atoms with Crippen LogP contribution in [0.15, 0.2) is 42.6 Å². The lowest BCUT2D eigenvalue weighted by atomic mass is 10.2. The van der Waals surface area contributed by atoms with Crippen LogP contribution in [0.25, 0.3) is 0 Å². The van der Waals surface area contributed by atoms with Crippen molar-refractivity contribution < 1.29 is 19.4 Å². The third kappa shape index (κ3) is 4.80. The number of carbonyl (C=O) groups excluding carboxylic acids is 1. The lowest BCUT2D eigenvalue weighted by molar-refractivity contribution is -0.131. The second kappa shape index (κ2) is 6.23. The van der Waals surface area contributed by atoms with Gasteiger partial charge in [-0.3, -0.25) is 5.32 Å². The van der Waals surface area contributed by atoms with Gasteiger partial charge in [0, 0.05) is 12.3 Å². The molecule has 84 valence electrons. The highest BCUT2D eigenvalue weighted by molar-refractivity contribution is 5.80. The molecule has 0 bridgehead atoms. The fourth-order valence-corrected chi connectivity index (χ4v) is 0.946. The van der Waals surface area contributed by atoms with Crippen LogP contribution in [0.5, 0.6) is 0 Å². The van der Waals surface area contributed by atoms with Gasteiger partial charge in [-0.15, -0.1) is 0 Å². The normalized spacial score (nSPS) is 10.0. The summed E-state index contributed by atoms with van der Waals surface area (Å²) in [6.07, 6.45) is 1.13. The number of ether oxygens (including phenoxy) is 1. The molecule has 0 radical (unpaired) electrons. The maximum absolute atomic E-state index is 11.0. The third-order valence-electron chi connectivity index (χ3n) is 1.64. The summed E-state index contributed by atoms with van der Waals surface area (Å²) in [6, 6.07) is 9.17. The number of benzene rings is 1. The van der Waals surface area contributed by atoms with Crippen LogP contribution in [-0.4, -0.2) is 17.2 Å². The van der Waals surface area contributed by atoms with Gasteiger partial charge in [-0.05, 0) is 5.56 Å². The Kier molecular flexibility index (Phi) is 4.59. The number of nitrogens with one attached hydrogen (secondary N) is 1. The lowest BCUT2D eigenvalue weighted by Gasteiger charge is -2.03. The van der Waals surface area contributed by atoms with Crippen LogP contribution in [0.3, 0.4) is 0 Å². The number of carboxylic acid groups (broad SMARTS) is 1. The van der Waals surface area contributed by atoms with E-state index >= 15 is 0 Å². The standard InChI is InChI=1S/C11H11NO4/c13-10(14)6-7-12-11(15)16-8-9-4-2-1-3-5-9/h1-7H,8H2,(H,12,15)(H,13,14). The predicted molar refractivity (Wildman–Crippen MR) is 56.5 cm³/mol. The molecule has 0 aromatic heterocycles. The summed E-state index contributed by atoms with van der Waals surface area (Å²) in [5, 5.41) is 10.4. The molecular formula is C11H11NO4. The van der Waals surface area contributed by atoms with Gasteiger partial charge in [-0.25, -0.2) is 9.59 Å². The Morgan fingerprint density at radius 1 is 1.31 bits per heavy atom. The number of carboxylic acids is 1.